The number of halogens is 3. The molecule has 0 aliphatic carbocycles. The Balaban J connectivity index is 2.15. The Morgan fingerprint density at radius 1 is 1.13 bits per heavy atom. The zero-order valence-electron chi connectivity index (χ0n) is 15.5. The lowest BCUT2D eigenvalue weighted by atomic mass is 9.96. The Morgan fingerprint density at radius 3 is 2.40 bits per heavy atom. The Bertz CT molecular complexity index is 1070. The minimum Gasteiger partial charge on any atom is -0.462 e. The summed E-state index contributed by atoms with van der Waals surface area (Å²) in [6.07, 6.45) is -3.49. The van der Waals surface area contributed by atoms with Crippen LogP contribution in [0.1, 0.15) is 17.3 Å². The first kappa shape index (κ1) is 20.9. The molecule has 3 aromatic rings. The summed E-state index contributed by atoms with van der Waals surface area (Å²) in [4.78, 5) is 26.2. The summed E-state index contributed by atoms with van der Waals surface area (Å²) < 4.78 is 46.1. The number of hydrogen-bond donors (Lipinski definition) is 1. The van der Waals surface area contributed by atoms with Gasteiger partial charge in [0.1, 0.15) is 5.75 Å². The molecule has 0 spiro atoms. The lowest BCUT2D eigenvalue weighted by molar-refractivity contribution is -0.384. The van der Waals surface area contributed by atoms with E-state index >= 15 is 0 Å². The van der Waals surface area contributed by atoms with Crippen molar-refractivity contribution in [3.05, 3.63) is 70.4 Å². The van der Waals surface area contributed by atoms with Gasteiger partial charge in [-0.05, 0) is 42.8 Å². The van der Waals surface area contributed by atoms with E-state index in [0.717, 1.165) is 12.1 Å². The summed E-state index contributed by atoms with van der Waals surface area (Å²) in [5.41, 5.74) is 0.916. The molecule has 0 aliphatic rings. The van der Waals surface area contributed by atoms with E-state index in [0.29, 0.717) is 11.3 Å². The van der Waals surface area contributed by atoms with E-state index in [-0.39, 0.29) is 29.0 Å². The fourth-order valence-electron chi connectivity index (χ4n) is 2.97. The Kier molecular flexibility index (Phi) is 5.77. The van der Waals surface area contributed by atoms with Gasteiger partial charge in [-0.2, -0.15) is 0 Å². The molecule has 7 nitrogen and oxygen atoms in total. The van der Waals surface area contributed by atoms with Gasteiger partial charge in [0.15, 0.2) is 0 Å². The third-order valence-corrected chi connectivity index (χ3v) is 4.12. The molecule has 0 unspecified atom stereocenters. The fraction of sp³-hybridized carbons (Fsp3) is 0.150. The standard InChI is InChI=1S/C20H15F3N2O5/c1-2-29-19(26)15-11-24-18(12-7-9-13(10-8-12)30-20(21,22)23)17(15)14-5-3-4-6-16(14)25(27)28/h3-11,24H,2H2,1H3. The predicted molar refractivity (Wildman–Crippen MR) is 101 cm³/mol. The largest absolute Gasteiger partial charge is 0.573 e. The number of alkyl halides is 3. The van der Waals surface area contributed by atoms with Crippen molar-refractivity contribution in [3.8, 4) is 28.1 Å². The number of aromatic nitrogens is 1. The van der Waals surface area contributed by atoms with E-state index in [1.165, 1.54) is 36.5 Å². The van der Waals surface area contributed by atoms with Gasteiger partial charge in [0.05, 0.1) is 28.4 Å². The van der Waals surface area contributed by atoms with Crippen molar-refractivity contribution in [2.24, 2.45) is 0 Å². The number of nitro groups is 1. The van der Waals surface area contributed by atoms with Crippen LogP contribution in [0.2, 0.25) is 0 Å². The number of carbonyl (C=O) groups is 1. The Morgan fingerprint density at radius 2 is 1.80 bits per heavy atom. The molecular weight excluding hydrogens is 405 g/mol. The topological polar surface area (TPSA) is 94.5 Å². The van der Waals surface area contributed by atoms with Crippen LogP contribution in [-0.4, -0.2) is 28.8 Å². The van der Waals surface area contributed by atoms with Gasteiger partial charge in [-0.3, -0.25) is 10.1 Å². The first-order chi connectivity index (χ1) is 14.2. The van der Waals surface area contributed by atoms with Crippen molar-refractivity contribution in [2.75, 3.05) is 6.61 Å². The van der Waals surface area contributed by atoms with Crippen molar-refractivity contribution >= 4 is 11.7 Å². The van der Waals surface area contributed by atoms with Crippen LogP contribution in [0, 0.1) is 10.1 Å². The number of hydrogen-bond acceptors (Lipinski definition) is 5. The van der Waals surface area contributed by atoms with Gasteiger partial charge >= 0.3 is 12.3 Å². The molecule has 0 amide bonds. The summed E-state index contributed by atoms with van der Waals surface area (Å²) in [5, 5.41) is 11.5. The predicted octanol–water partition coefficient (Wildman–Crippen LogP) is 5.33. The molecule has 30 heavy (non-hydrogen) atoms. The average Bonchev–Trinajstić information content (AvgIpc) is 3.12. The van der Waals surface area contributed by atoms with E-state index in [4.69, 9.17) is 4.74 Å². The van der Waals surface area contributed by atoms with Crippen molar-refractivity contribution < 1.29 is 32.4 Å². The van der Waals surface area contributed by atoms with Gasteiger partial charge in [0, 0.05) is 17.8 Å². The maximum atomic E-state index is 12.4. The highest BCUT2D eigenvalue weighted by atomic mass is 19.4. The molecule has 1 N–H and O–H groups in total. The molecule has 0 saturated heterocycles. The molecule has 2 aromatic carbocycles. The monoisotopic (exact) mass is 420 g/mol. The third kappa shape index (κ3) is 4.43. The molecule has 0 saturated carbocycles. The Hall–Kier alpha value is -3.82. The molecule has 0 fully saturated rings. The van der Waals surface area contributed by atoms with Crippen LogP contribution >= 0.6 is 0 Å². The zero-order chi connectivity index (χ0) is 21.9. The number of nitrogens with zero attached hydrogens (tertiary/aromatic N) is 1. The molecule has 1 heterocycles. The van der Waals surface area contributed by atoms with E-state index in [1.54, 1.807) is 13.0 Å². The van der Waals surface area contributed by atoms with E-state index in [9.17, 15) is 28.1 Å². The molecule has 10 heteroatoms. The van der Waals surface area contributed by atoms with Gasteiger partial charge in [0.2, 0.25) is 0 Å². The summed E-state index contributed by atoms with van der Waals surface area (Å²) in [5.74, 6) is -1.11. The van der Waals surface area contributed by atoms with Crippen LogP contribution in [0.4, 0.5) is 18.9 Å². The minimum absolute atomic E-state index is 0.0665. The number of aromatic amines is 1. The van der Waals surface area contributed by atoms with E-state index in [2.05, 4.69) is 9.72 Å². The lowest BCUT2D eigenvalue weighted by Gasteiger charge is -2.11. The highest BCUT2D eigenvalue weighted by Gasteiger charge is 2.31. The summed E-state index contributed by atoms with van der Waals surface area (Å²) in [6.45, 7) is 1.72. The van der Waals surface area contributed by atoms with Gasteiger partial charge < -0.3 is 14.5 Å². The normalized spacial score (nSPS) is 11.2. The van der Waals surface area contributed by atoms with Crippen LogP contribution in [-0.2, 0) is 4.74 Å². The number of nitrogens with one attached hydrogen (secondary N) is 1. The summed E-state index contributed by atoms with van der Waals surface area (Å²) in [7, 11) is 0. The molecule has 0 aliphatic heterocycles. The summed E-state index contributed by atoms with van der Waals surface area (Å²) >= 11 is 0. The maximum absolute atomic E-state index is 12.4. The quantitative estimate of drug-likeness (QED) is 0.330. The van der Waals surface area contributed by atoms with Gasteiger partial charge in [-0.15, -0.1) is 13.2 Å². The highest BCUT2D eigenvalue weighted by Crippen LogP contribution is 2.40. The second-order valence-electron chi connectivity index (χ2n) is 6.02. The van der Waals surface area contributed by atoms with Gasteiger partial charge in [-0.1, -0.05) is 12.1 Å². The second kappa shape index (κ2) is 8.27. The molecule has 0 radical (unpaired) electrons. The van der Waals surface area contributed by atoms with Crippen molar-refractivity contribution in [1.82, 2.24) is 4.98 Å². The molecule has 3 rings (SSSR count). The van der Waals surface area contributed by atoms with Crippen LogP contribution in [0.5, 0.6) is 5.75 Å². The van der Waals surface area contributed by atoms with Gasteiger partial charge in [-0.25, -0.2) is 4.79 Å². The number of rotatable bonds is 6. The molecule has 0 bridgehead atoms. The number of nitro benzene ring substituents is 1. The Labute approximate surface area is 168 Å². The van der Waals surface area contributed by atoms with Crippen molar-refractivity contribution in [2.45, 2.75) is 13.3 Å². The van der Waals surface area contributed by atoms with Crippen LogP contribution in [0.3, 0.4) is 0 Å². The first-order valence-corrected chi connectivity index (χ1v) is 8.69. The number of H-pyrrole nitrogens is 1. The van der Waals surface area contributed by atoms with Crippen LogP contribution in [0.25, 0.3) is 22.4 Å². The number of carbonyl (C=O) groups excluding carboxylic acids is 1. The van der Waals surface area contributed by atoms with Gasteiger partial charge in [0.25, 0.3) is 5.69 Å². The third-order valence-electron chi connectivity index (χ3n) is 4.12. The minimum atomic E-state index is -4.83. The highest BCUT2D eigenvalue weighted by molar-refractivity contribution is 6.03. The van der Waals surface area contributed by atoms with E-state index < -0.39 is 23.0 Å². The molecule has 0 atom stereocenters. The molecule has 156 valence electrons. The van der Waals surface area contributed by atoms with E-state index in [1.807, 2.05) is 0 Å². The van der Waals surface area contributed by atoms with Crippen LogP contribution < -0.4 is 4.74 Å². The average molecular weight is 420 g/mol. The zero-order valence-corrected chi connectivity index (χ0v) is 15.5. The molecular formula is C20H15F3N2O5. The van der Waals surface area contributed by atoms with Crippen molar-refractivity contribution in [1.29, 1.82) is 0 Å². The summed E-state index contributed by atoms with van der Waals surface area (Å²) in [6, 6.07) is 10.7. The maximum Gasteiger partial charge on any atom is 0.573 e. The first-order valence-electron chi connectivity index (χ1n) is 8.69. The lowest BCUT2D eigenvalue weighted by Crippen LogP contribution is -2.16. The number of esters is 1. The number of para-hydroxylation sites is 1. The smallest absolute Gasteiger partial charge is 0.462 e. The van der Waals surface area contributed by atoms with Crippen LogP contribution in [0.15, 0.2) is 54.7 Å². The second-order valence-corrected chi connectivity index (χ2v) is 6.02. The van der Waals surface area contributed by atoms with Crippen molar-refractivity contribution in [3.63, 3.8) is 0 Å². The SMILES string of the molecule is CCOC(=O)c1c[nH]c(-c2ccc(OC(F)(F)F)cc2)c1-c1ccccc1[N+](=O)[O-]. The molecule has 1 aromatic heterocycles. The fourth-order valence-corrected chi connectivity index (χ4v) is 2.97. The number of ether oxygens (including phenoxy) is 2. The number of benzene rings is 2.